The van der Waals surface area contributed by atoms with Gasteiger partial charge in [-0.1, -0.05) is 31.2 Å². The molecule has 2 N–H and O–H groups in total. The number of piperidine rings is 1. The maximum atomic E-state index is 4.57. The Morgan fingerprint density at radius 2 is 2.14 bits per heavy atom. The van der Waals surface area contributed by atoms with E-state index in [4.69, 9.17) is 0 Å². The molecular weight excluding hydrogens is 270 g/mol. The summed E-state index contributed by atoms with van der Waals surface area (Å²) in [4.78, 5) is 4.57. The zero-order valence-corrected chi connectivity index (χ0v) is 13.1. The fourth-order valence-corrected chi connectivity index (χ4v) is 4.03. The Bertz CT molecular complexity index is 678. The number of rotatable bonds is 3. The second-order valence-corrected chi connectivity index (χ2v) is 6.67. The van der Waals surface area contributed by atoms with Gasteiger partial charge in [0.2, 0.25) is 0 Å². The van der Waals surface area contributed by atoms with Gasteiger partial charge in [-0.3, -0.25) is 4.98 Å². The highest BCUT2D eigenvalue weighted by atomic mass is 15.1. The Hall–Kier alpha value is -1.71. The summed E-state index contributed by atoms with van der Waals surface area (Å²) in [5.74, 6) is 0. The highest BCUT2D eigenvalue weighted by Gasteiger charge is 2.43. The molecule has 0 spiro atoms. The van der Waals surface area contributed by atoms with Crippen molar-refractivity contribution in [3.05, 3.63) is 53.9 Å². The number of pyridine rings is 1. The first-order valence-corrected chi connectivity index (χ1v) is 8.29. The molecule has 2 atom stereocenters. The average molecular weight is 293 g/mol. The van der Waals surface area contributed by atoms with Crippen molar-refractivity contribution < 1.29 is 0 Å². The summed E-state index contributed by atoms with van der Waals surface area (Å²) in [5.41, 5.74) is 5.55. The van der Waals surface area contributed by atoms with Crippen molar-refractivity contribution in [2.45, 2.75) is 31.2 Å². The maximum absolute atomic E-state index is 4.57. The number of benzene rings is 1. The third-order valence-corrected chi connectivity index (χ3v) is 5.28. The van der Waals surface area contributed by atoms with E-state index in [0.717, 1.165) is 26.1 Å². The van der Waals surface area contributed by atoms with Gasteiger partial charge < -0.3 is 10.6 Å². The molecule has 2 fully saturated rings. The lowest BCUT2D eigenvalue weighted by Crippen LogP contribution is -2.45. The lowest BCUT2D eigenvalue weighted by molar-refractivity contribution is 0.370. The molecule has 0 amide bonds. The molecule has 22 heavy (non-hydrogen) atoms. The minimum atomic E-state index is 0.215. The van der Waals surface area contributed by atoms with Crippen LogP contribution in [-0.4, -0.2) is 30.7 Å². The highest BCUT2D eigenvalue weighted by molar-refractivity contribution is 5.67. The fraction of sp³-hybridized carbons (Fsp3) is 0.421. The van der Waals surface area contributed by atoms with Crippen LogP contribution >= 0.6 is 0 Å². The van der Waals surface area contributed by atoms with Crippen LogP contribution in [0.3, 0.4) is 0 Å². The van der Waals surface area contributed by atoms with Crippen molar-refractivity contribution in [1.82, 2.24) is 15.6 Å². The number of hydrogen-bond donors (Lipinski definition) is 2. The van der Waals surface area contributed by atoms with Gasteiger partial charge >= 0.3 is 0 Å². The monoisotopic (exact) mass is 293 g/mol. The Balaban J connectivity index is 1.75. The minimum absolute atomic E-state index is 0.215. The Kier molecular flexibility index (Phi) is 3.47. The second kappa shape index (κ2) is 5.49. The van der Waals surface area contributed by atoms with Crippen LogP contribution in [0.2, 0.25) is 0 Å². The lowest BCUT2D eigenvalue weighted by atomic mass is 9.76. The van der Waals surface area contributed by atoms with E-state index >= 15 is 0 Å². The first kappa shape index (κ1) is 13.9. The van der Waals surface area contributed by atoms with Crippen molar-refractivity contribution in [3.63, 3.8) is 0 Å². The van der Waals surface area contributed by atoms with E-state index in [1.165, 1.54) is 28.7 Å². The summed E-state index contributed by atoms with van der Waals surface area (Å²) in [7, 11) is 0. The fourth-order valence-electron chi connectivity index (χ4n) is 4.03. The molecule has 0 radical (unpaired) electrons. The van der Waals surface area contributed by atoms with Crippen LogP contribution in [-0.2, 0) is 11.8 Å². The van der Waals surface area contributed by atoms with Crippen molar-refractivity contribution in [3.8, 4) is 11.1 Å². The zero-order valence-electron chi connectivity index (χ0n) is 13.1. The summed E-state index contributed by atoms with van der Waals surface area (Å²) in [6.45, 7) is 5.42. The predicted octanol–water partition coefficient (Wildman–Crippen LogP) is 2.51. The van der Waals surface area contributed by atoms with E-state index in [1.54, 1.807) is 0 Å². The van der Waals surface area contributed by atoms with Crippen LogP contribution in [0.5, 0.6) is 0 Å². The smallest absolute Gasteiger partial charge is 0.0346 e. The highest BCUT2D eigenvalue weighted by Crippen LogP contribution is 2.36. The molecule has 3 heterocycles. The lowest BCUT2D eigenvalue weighted by Gasteiger charge is -2.33. The minimum Gasteiger partial charge on any atom is -0.314 e. The van der Waals surface area contributed by atoms with Crippen molar-refractivity contribution in [2.24, 2.45) is 0 Å². The summed E-state index contributed by atoms with van der Waals surface area (Å²) in [5, 5.41) is 7.23. The quantitative estimate of drug-likeness (QED) is 0.913. The molecule has 3 nitrogen and oxygen atoms in total. The van der Waals surface area contributed by atoms with E-state index in [1.807, 2.05) is 6.20 Å². The molecule has 2 aliphatic rings. The molecule has 0 saturated carbocycles. The Labute approximate surface area is 132 Å². The maximum Gasteiger partial charge on any atom is 0.0346 e. The number of aromatic nitrogens is 1. The van der Waals surface area contributed by atoms with Crippen LogP contribution in [0, 0.1) is 0 Å². The normalized spacial score (nSPS) is 27.0. The SMILES string of the molecule is CCc1ccccc1-c1cncc(C23CNCC(C2)NC3)c1. The molecule has 4 rings (SSSR count). The summed E-state index contributed by atoms with van der Waals surface area (Å²) < 4.78 is 0. The van der Waals surface area contributed by atoms with E-state index in [0.29, 0.717) is 6.04 Å². The topological polar surface area (TPSA) is 37.0 Å². The van der Waals surface area contributed by atoms with Crippen molar-refractivity contribution in [2.75, 3.05) is 19.6 Å². The van der Waals surface area contributed by atoms with Crippen LogP contribution in [0.4, 0.5) is 0 Å². The van der Waals surface area contributed by atoms with Crippen LogP contribution in [0.1, 0.15) is 24.5 Å². The standard InChI is InChI=1S/C19H23N3/c1-2-14-5-3-4-6-18(14)15-7-16(10-20-9-15)19-8-17(22-13-19)11-21-12-19/h3-7,9-10,17,21-22H,2,8,11-13H2,1H3. The average Bonchev–Trinajstić information content (AvgIpc) is 2.90. The van der Waals surface area contributed by atoms with Gasteiger partial charge in [-0.15, -0.1) is 0 Å². The molecule has 2 aliphatic heterocycles. The number of nitrogens with one attached hydrogen (secondary N) is 2. The van der Waals surface area contributed by atoms with Crippen molar-refractivity contribution in [1.29, 1.82) is 0 Å². The number of hydrogen-bond acceptors (Lipinski definition) is 3. The van der Waals surface area contributed by atoms with E-state index in [9.17, 15) is 0 Å². The van der Waals surface area contributed by atoms with Crippen LogP contribution in [0.15, 0.2) is 42.7 Å². The van der Waals surface area contributed by atoms with Crippen molar-refractivity contribution >= 4 is 0 Å². The van der Waals surface area contributed by atoms with Gasteiger partial charge in [0, 0.05) is 49.0 Å². The van der Waals surface area contributed by atoms with Gasteiger partial charge in [0.25, 0.3) is 0 Å². The van der Waals surface area contributed by atoms with E-state index in [-0.39, 0.29) is 5.41 Å². The molecule has 0 aliphatic carbocycles. The first-order chi connectivity index (χ1) is 10.8. The van der Waals surface area contributed by atoms with Gasteiger partial charge in [-0.2, -0.15) is 0 Å². The summed E-state index contributed by atoms with van der Waals surface area (Å²) >= 11 is 0. The predicted molar refractivity (Wildman–Crippen MR) is 90.0 cm³/mol. The molecule has 1 aromatic carbocycles. The number of fused-ring (bicyclic) bond motifs is 2. The van der Waals surface area contributed by atoms with E-state index in [2.05, 4.69) is 59.1 Å². The number of aryl methyl sites for hydroxylation is 1. The summed E-state index contributed by atoms with van der Waals surface area (Å²) in [6.07, 6.45) is 6.34. The van der Waals surface area contributed by atoms with Gasteiger partial charge in [0.1, 0.15) is 0 Å². The molecule has 114 valence electrons. The molecule has 2 unspecified atom stereocenters. The Morgan fingerprint density at radius 3 is 3.05 bits per heavy atom. The molecule has 3 heteroatoms. The molecule has 2 bridgehead atoms. The zero-order chi connectivity index (χ0) is 15.0. The van der Waals surface area contributed by atoms with Gasteiger partial charge in [-0.25, -0.2) is 0 Å². The third kappa shape index (κ3) is 2.25. The molecule has 2 aromatic rings. The van der Waals surface area contributed by atoms with E-state index < -0.39 is 0 Å². The molecule has 1 aromatic heterocycles. The van der Waals surface area contributed by atoms with Gasteiger partial charge in [0.05, 0.1) is 0 Å². The molecular formula is C19H23N3. The van der Waals surface area contributed by atoms with Crippen LogP contribution in [0.25, 0.3) is 11.1 Å². The van der Waals surface area contributed by atoms with Gasteiger partial charge in [-0.05, 0) is 35.6 Å². The first-order valence-electron chi connectivity index (χ1n) is 8.29. The molecule has 2 saturated heterocycles. The number of nitrogens with zero attached hydrogens (tertiary/aromatic N) is 1. The van der Waals surface area contributed by atoms with Crippen LogP contribution < -0.4 is 10.6 Å². The Morgan fingerprint density at radius 1 is 1.23 bits per heavy atom. The second-order valence-electron chi connectivity index (χ2n) is 6.67. The summed E-state index contributed by atoms with van der Waals surface area (Å²) in [6, 6.07) is 11.6. The largest absolute Gasteiger partial charge is 0.314 e. The third-order valence-electron chi connectivity index (χ3n) is 5.28. The van der Waals surface area contributed by atoms with Gasteiger partial charge in [0.15, 0.2) is 0 Å².